The van der Waals surface area contributed by atoms with Crippen molar-refractivity contribution in [2.24, 2.45) is 0 Å². The molecule has 0 saturated heterocycles. The Bertz CT molecular complexity index is 433. The van der Waals surface area contributed by atoms with Gasteiger partial charge in [0, 0.05) is 12.6 Å². The lowest BCUT2D eigenvalue weighted by molar-refractivity contribution is 0.171. The summed E-state index contributed by atoms with van der Waals surface area (Å²) in [4.78, 5) is 0. The Balaban J connectivity index is 1.78. The second-order valence-corrected chi connectivity index (χ2v) is 4.82. The van der Waals surface area contributed by atoms with E-state index >= 15 is 0 Å². The van der Waals surface area contributed by atoms with Crippen LogP contribution in [0.25, 0.3) is 0 Å². The maximum absolute atomic E-state index is 8.82. The van der Waals surface area contributed by atoms with Gasteiger partial charge in [0.25, 0.3) is 0 Å². The molecule has 0 saturated carbocycles. The maximum atomic E-state index is 8.82. The van der Waals surface area contributed by atoms with Crippen molar-refractivity contribution < 1.29 is 14.6 Å². The maximum Gasteiger partial charge on any atom is 0.161 e. The number of hydrogen-bond donors (Lipinski definition) is 2. The SMILES string of the molecule is OCCCN[C@@H]1CCc2cc3c(cc21)OCCO3. The Morgan fingerprint density at radius 2 is 2.00 bits per heavy atom. The molecule has 0 bridgehead atoms. The third-order valence-electron chi connectivity index (χ3n) is 3.61. The number of nitrogens with one attached hydrogen (secondary N) is 1. The molecule has 1 atom stereocenters. The van der Waals surface area contributed by atoms with Gasteiger partial charge in [0.2, 0.25) is 0 Å². The first-order valence-corrected chi connectivity index (χ1v) is 6.65. The van der Waals surface area contributed by atoms with Crippen LogP contribution < -0.4 is 14.8 Å². The van der Waals surface area contributed by atoms with Gasteiger partial charge in [0.05, 0.1) is 0 Å². The van der Waals surface area contributed by atoms with Gasteiger partial charge < -0.3 is 19.9 Å². The van der Waals surface area contributed by atoms with Gasteiger partial charge in [0.15, 0.2) is 11.5 Å². The third-order valence-corrected chi connectivity index (χ3v) is 3.61. The number of ether oxygens (including phenoxy) is 2. The van der Waals surface area contributed by atoms with Crippen molar-refractivity contribution in [3.8, 4) is 11.5 Å². The zero-order valence-electron chi connectivity index (χ0n) is 10.4. The Hall–Kier alpha value is -1.26. The first-order chi connectivity index (χ1) is 8.88. The molecule has 98 valence electrons. The van der Waals surface area contributed by atoms with Crippen LogP contribution in [0.15, 0.2) is 12.1 Å². The first-order valence-electron chi connectivity index (χ1n) is 6.65. The van der Waals surface area contributed by atoms with Gasteiger partial charge in [-0.15, -0.1) is 0 Å². The second kappa shape index (κ2) is 5.16. The second-order valence-electron chi connectivity index (χ2n) is 4.82. The molecule has 1 aliphatic heterocycles. The van der Waals surface area contributed by atoms with Crippen molar-refractivity contribution in [1.29, 1.82) is 0 Å². The summed E-state index contributed by atoms with van der Waals surface area (Å²) < 4.78 is 11.2. The number of fused-ring (bicyclic) bond motifs is 2. The molecule has 0 amide bonds. The minimum absolute atomic E-state index is 0.244. The summed E-state index contributed by atoms with van der Waals surface area (Å²) in [5, 5.41) is 12.3. The van der Waals surface area contributed by atoms with E-state index in [-0.39, 0.29) is 6.61 Å². The summed E-state index contributed by atoms with van der Waals surface area (Å²) in [5.74, 6) is 1.76. The highest BCUT2D eigenvalue weighted by Crippen LogP contribution is 2.40. The summed E-state index contributed by atoms with van der Waals surface area (Å²) in [7, 11) is 0. The minimum atomic E-state index is 0.244. The molecule has 4 nitrogen and oxygen atoms in total. The van der Waals surface area contributed by atoms with Crippen LogP contribution in [0.5, 0.6) is 11.5 Å². The van der Waals surface area contributed by atoms with Crippen molar-refractivity contribution in [1.82, 2.24) is 5.32 Å². The van der Waals surface area contributed by atoms with Crippen LogP contribution in [0.3, 0.4) is 0 Å². The summed E-state index contributed by atoms with van der Waals surface area (Å²) in [6, 6.07) is 4.63. The zero-order valence-corrected chi connectivity index (χ0v) is 10.4. The van der Waals surface area contributed by atoms with E-state index in [0.29, 0.717) is 19.3 Å². The molecule has 0 unspecified atom stereocenters. The lowest BCUT2D eigenvalue weighted by atomic mass is 10.1. The first kappa shape index (κ1) is 11.8. The molecule has 1 aromatic carbocycles. The van der Waals surface area contributed by atoms with Crippen LogP contribution >= 0.6 is 0 Å². The van der Waals surface area contributed by atoms with E-state index in [2.05, 4.69) is 17.4 Å². The molecule has 0 fully saturated rings. The zero-order chi connectivity index (χ0) is 12.4. The fourth-order valence-corrected chi connectivity index (χ4v) is 2.71. The molecular formula is C14H19NO3. The minimum Gasteiger partial charge on any atom is -0.486 e. The fraction of sp³-hybridized carbons (Fsp3) is 0.571. The fourth-order valence-electron chi connectivity index (χ4n) is 2.71. The molecule has 2 N–H and O–H groups in total. The molecule has 4 heteroatoms. The van der Waals surface area contributed by atoms with Crippen molar-refractivity contribution in [3.63, 3.8) is 0 Å². The predicted molar refractivity (Wildman–Crippen MR) is 68.2 cm³/mol. The van der Waals surface area contributed by atoms with Gasteiger partial charge >= 0.3 is 0 Å². The molecule has 0 aromatic heterocycles. The number of aliphatic hydroxyl groups excluding tert-OH is 1. The molecule has 2 aliphatic rings. The molecular weight excluding hydrogens is 230 g/mol. The molecule has 18 heavy (non-hydrogen) atoms. The average molecular weight is 249 g/mol. The van der Waals surface area contributed by atoms with Crippen molar-refractivity contribution in [2.45, 2.75) is 25.3 Å². The van der Waals surface area contributed by atoms with E-state index in [1.165, 1.54) is 11.1 Å². The van der Waals surface area contributed by atoms with Gasteiger partial charge in [-0.1, -0.05) is 0 Å². The molecule has 1 aromatic rings. The van der Waals surface area contributed by atoms with Crippen LogP contribution in [0, 0.1) is 0 Å². The van der Waals surface area contributed by atoms with Crippen molar-refractivity contribution in [3.05, 3.63) is 23.3 Å². The number of rotatable bonds is 4. The van der Waals surface area contributed by atoms with Crippen LogP contribution in [0.2, 0.25) is 0 Å². The normalized spacial score (nSPS) is 20.8. The van der Waals surface area contributed by atoms with Gasteiger partial charge in [-0.2, -0.15) is 0 Å². The van der Waals surface area contributed by atoms with Gasteiger partial charge in [0.1, 0.15) is 13.2 Å². The Kier molecular flexibility index (Phi) is 3.39. The van der Waals surface area contributed by atoms with Gasteiger partial charge in [-0.25, -0.2) is 0 Å². The van der Waals surface area contributed by atoms with E-state index in [0.717, 1.165) is 37.3 Å². The monoisotopic (exact) mass is 249 g/mol. The number of benzene rings is 1. The van der Waals surface area contributed by atoms with Gasteiger partial charge in [-0.3, -0.25) is 0 Å². The lowest BCUT2D eigenvalue weighted by Gasteiger charge is -2.21. The molecule has 0 radical (unpaired) electrons. The van der Waals surface area contributed by atoms with Crippen molar-refractivity contribution >= 4 is 0 Å². The molecule has 0 spiro atoms. The molecule has 1 heterocycles. The highest BCUT2D eigenvalue weighted by molar-refractivity contribution is 5.50. The van der Waals surface area contributed by atoms with Crippen LogP contribution in [-0.4, -0.2) is 31.5 Å². The Morgan fingerprint density at radius 3 is 2.78 bits per heavy atom. The van der Waals surface area contributed by atoms with E-state index in [1.807, 2.05) is 0 Å². The highest BCUT2D eigenvalue weighted by Gasteiger charge is 2.25. The van der Waals surface area contributed by atoms with Crippen LogP contribution in [-0.2, 0) is 6.42 Å². The van der Waals surface area contributed by atoms with Crippen LogP contribution in [0.1, 0.15) is 30.0 Å². The third kappa shape index (κ3) is 2.18. The predicted octanol–water partition coefficient (Wildman–Crippen LogP) is 1.42. The van der Waals surface area contributed by atoms with E-state index in [9.17, 15) is 0 Å². The smallest absolute Gasteiger partial charge is 0.161 e. The Labute approximate surface area is 107 Å². The summed E-state index contributed by atoms with van der Waals surface area (Å²) in [5.41, 5.74) is 2.69. The van der Waals surface area contributed by atoms with Crippen LogP contribution in [0.4, 0.5) is 0 Å². The Morgan fingerprint density at radius 1 is 1.22 bits per heavy atom. The summed E-state index contributed by atoms with van der Waals surface area (Å²) in [6.07, 6.45) is 3.00. The van der Waals surface area contributed by atoms with Crippen molar-refractivity contribution in [2.75, 3.05) is 26.4 Å². The van der Waals surface area contributed by atoms with E-state index in [4.69, 9.17) is 14.6 Å². The summed E-state index contributed by atoms with van der Waals surface area (Å²) >= 11 is 0. The number of aryl methyl sites for hydroxylation is 1. The molecule has 1 aliphatic carbocycles. The van der Waals surface area contributed by atoms with E-state index in [1.54, 1.807) is 0 Å². The largest absolute Gasteiger partial charge is 0.486 e. The highest BCUT2D eigenvalue weighted by atomic mass is 16.6. The lowest BCUT2D eigenvalue weighted by Crippen LogP contribution is -2.21. The summed E-state index contributed by atoms with van der Waals surface area (Å²) in [6.45, 7) is 2.38. The standard InChI is InChI=1S/C14H19NO3/c16-5-1-4-15-12-3-2-10-8-13-14(9-11(10)12)18-7-6-17-13/h8-9,12,15-16H,1-7H2/t12-/m1/s1. The molecule has 3 rings (SSSR count). The number of aliphatic hydroxyl groups is 1. The average Bonchev–Trinajstić information content (AvgIpc) is 2.79. The quantitative estimate of drug-likeness (QED) is 0.792. The number of hydrogen-bond acceptors (Lipinski definition) is 4. The van der Waals surface area contributed by atoms with Gasteiger partial charge in [-0.05, 0) is 49.1 Å². The topological polar surface area (TPSA) is 50.7 Å². The van der Waals surface area contributed by atoms with E-state index < -0.39 is 0 Å².